The molecule has 0 saturated carbocycles. The van der Waals surface area contributed by atoms with Crippen molar-refractivity contribution in [2.45, 2.75) is 62.1 Å². The average molecular weight is 582 g/mol. The second kappa shape index (κ2) is 11.3. The van der Waals surface area contributed by atoms with Crippen LogP contribution < -0.4 is 9.47 Å². The predicted octanol–water partition coefficient (Wildman–Crippen LogP) is 1.43. The van der Waals surface area contributed by atoms with Crippen LogP contribution in [0.5, 0.6) is 28.7 Å². The van der Waals surface area contributed by atoms with Crippen molar-refractivity contribution in [1.29, 1.82) is 0 Å². The normalized spacial score (nSPS) is 28.8. The number of ether oxygens (including phenoxy) is 3. The van der Waals surface area contributed by atoms with Gasteiger partial charge >= 0.3 is 0 Å². The molecule has 3 aliphatic rings. The Morgan fingerprint density at radius 1 is 0.905 bits per heavy atom. The summed E-state index contributed by atoms with van der Waals surface area (Å²) in [5.41, 5.74) is 4.56. The lowest BCUT2D eigenvalue weighted by atomic mass is 9.78. The number of aromatic hydroxyl groups is 3. The highest BCUT2D eigenvalue weighted by Gasteiger charge is 2.46. The molecule has 11 nitrogen and oxygen atoms in total. The van der Waals surface area contributed by atoms with Gasteiger partial charge in [-0.25, -0.2) is 0 Å². The molecule has 3 heterocycles. The molecule has 3 aliphatic heterocycles. The monoisotopic (exact) mass is 581 g/mol. The van der Waals surface area contributed by atoms with Crippen LogP contribution in [0.25, 0.3) is 0 Å². The van der Waals surface area contributed by atoms with E-state index in [1.165, 1.54) is 13.2 Å². The van der Waals surface area contributed by atoms with Crippen LogP contribution in [-0.2, 0) is 24.0 Å². The van der Waals surface area contributed by atoms with E-state index in [0.717, 1.165) is 22.3 Å². The van der Waals surface area contributed by atoms with E-state index in [4.69, 9.17) is 14.2 Å². The van der Waals surface area contributed by atoms with E-state index in [1.54, 1.807) is 18.2 Å². The van der Waals surface area contributed by atoms with Gasteiger partial charge in [0.25, 0.3) is 0 Å². The molecule has 1 saturated heterocycles. The van der Waals surface area contributed by atoms with Crippen LogP contribution in [0, 0.1) is 0 Å². The fourth-order valence-corrected chi connectivity index (χ4v) is 6.53. The largest absolute Gasteiger partial charge is 0.508 e. The summed E-state index contributed by atoms with van der Waals surface area (Å²) in [6.45, 7) is 0.0296. The van der Waals surface area contributed by atoms with Crippen molar-refractivity contribution >= 4 is 0 Å². The van der Waals surface area contributed by atoms with Crippen LogP contribution in [0.3, 0.4) is 0 Å². The molecule has 6 rings (SSSR count). The van der Waals surface area contributed by atoms with Gasteiger partial charge in [0.2, 0.25) is 6.29 Å². The molecular weight excluding hydrogens is 546 g/mol. The van der Waals surface area contributed by atoms with Crippen molar-refractivity contribution in [1.82, 2.24) is 4.90 Å². The van der Waals surface area contributed by atoms with E-state index in [2.05, 4.69) is 4.90 Å². The molecule has 0 spiro atoms. The van der Waals surface area contributed by atoms with Gasteiger partial charge in [0.15, 0.2) is 23.0 Å². The quantitative estimate of drug-likeness (QED) is 0.225. The first-order valence-corrected chi connectivity index (χ1v) is 14.0. The van der Waals surface area contributed by atoms with Crippen molar-refractivity contribution in [3.05, 3.63) is 76.3 Å². The van der Waals surface area contributed by atoms with Gasteiger partial charge in [0, 0.05) is 24.2 Å². The van der Waals surface area contributed by atoms with Crippen LogP contribution in [0.2, 0.25) is 0 Å². The number of hydrogen-bond donors (Lipinski definition) is 7. The topological polar surface area (TPSA) is 173 Å². The highest BCUT2D eigenvalue weighted by atomic mass is 16.7. The van der Waals surface area contributed by atoms with Gasteiger partial charge in [0.05, 0.1) is 13.7 Å². The smallest absolute Gasteiger partial charge is 0.229 e. The predicted molar refractivity (Wildman–Crippen MR) is 149 cm³/mol. The Kier molecular flexibility index (Phi) is 7.64. The molecule has 1 fully saturated rings. The zero-order valence-electron chi connectivity index (χ0n) is 23.0. The number of nitrogens with zero attached hydrogens (tertiary/aromatic N) is 1. The number of phenols is 3. The SMILES string of the molecule is COc1cc2c(cc1O)CCN1C2Cc2ccc(O)c(O[C@@H]3O[C@H](CO)[C@@H](O)[C@H](O)[C@H]3O)c2C1Cc1ccc(O)cc1. The summed E-state index contributed by atoms with van der Waals surface area (Å²) in [6.07, 6.45) is -5.77. The fourth-order valence-electron chi connectivity index (χ4n) is 6.53. The molecule has 3 aromatic rings. The van der Waals surface area contributed by atoms with Crippen LogP contribution in [0.4, 0.5) is 0 Å². The maximum atomic E-state index is 11.1. The highest BCUT2D eigenvalue weighted by Crippen LogP contribution is 2.51. The lowest BCUT2D eigenvalue weighted by Gasteiger charge is -2.48. The van der Waals surface area contributed by atoms with Crippen molar-refractivity contribution in [3.63, 3.8) is 0 Å². The van der Waals surface area contributed by atoms with Gasteiger partial charge in [-0.1, -0.05) is 18.2 Å². The number of hydrogen-bond acceptors (Lipinski definition) is 11. The van der Waals surface area contributed by atoms with E-state index in [9.17, 15) is 35.7 Å². The molecule has 11 heteroatoms. The molecule has 0 amide bonds. The Morgan fingerprint density at radius 3 is 2.38 bits per heavy atom. The van der Waals surface area contributed by atoms with E-state index in [0.29, 0.717) is 37.1 Å². The Labute approximate surface area is 242 Å². The number of rotatable bonds is 6. The zero-order valence-corrected chi connectivity index (χ0v) is 23.0. The first kappa shape index (κ1) is 28.5. The Hall–Kier alpha value is -3.58. The second-order valence-electron chi connectivity index (χ2n) is 11.1. The van der Waals surface area contributed by atoms with Crippen LogP contribution in [-0.4, -0.2) is 91.6 Å². The maximum Gasteiger partial charge on any atom is 0.229 e. The summed E-state index contributed by atoms with van der Waals surface area (Å²) in [5.74, 6) is 0.497. The summed E-state index contributed by atoms with van der Waals surface area (Å²) in [6, 6.07) is 13.4. The Balaban J connectivity index is 1.45. The van der Waals surface area contributed by atoms with Gasteiger partial charge < -0.3 is 50.0 Å². The minimum Gasteiger partial charge on any atom is -0.508 e. The third-order valence-corrected chi connectivity index (χ3v) is 8.70. The van der Waals surface area contributed by atoms with E-state index >= 15 is 0 Å². The number of benzene rings is 3. The highest BCUT2D eigenvalue weighted by molar-refractivity contribution is 5.56. The fraction of sp³-hybridized carbons (Fsp3) is 0.419. The molecule has 224 valence electrons. The average Bonchev–Trinajstić information content (AvgIpc) is 2.99. The molecule has 42 heavy (non-hydrogen) atoms. The van der Waals surface area contributed by atoms with Crippen molar-refractivity contribution in [2.75, 3.05) is 20.3 Å². The first-order valence-electron chi connectivity index (χ1n) is 14.0. The number of methoxy groups -OCH3 is 1. The summed E-state index contributed by atoms with van der Waals surface area (Å²) >= 11 is 0. The Bertz CT molecular complexity index is 1440. The van der Waals surface area contributed by atoms with Gasteiger partial charge in [-0.2, -0.15) is 0 Å². The number of fused-ring (bicyclic) bond motifs is 4. The minimum atomic E-state index is -1.65. The summed E-state index contributed by atoms with van der Waals surface area (Å²) in [5, 5.41) is 72.3. The third-order valence-electron chi connectivity index (χ3n) is 8.70. The molecule has 7 atom stereocenters. The van der Waals surface area contributed by atoms with Crippen LogP contribution in [0.1, 0.15) is 39.9 Å². The van der Waals surface area contributed by atoms with Gasteiger partial charge in [-0.15, -0.1) is 0 Å². The van der Waals surface area contributed by atoms with Gasteiger partial charge in [-0.05, 0) is 71.8 Å². The van der Waals surface area contributed by atoms with Crippen LogP contribution in [0.15, 0.2) is 48.5 Å². The van der Waals surface area contributed by atoms with Crippen molar-refractivity contribution in [2.24, 2.45) is 0 Å². The second-order valence-corrected chi connectivity index (χ2v) is 11.1. The van der Waals surface area contributed by atoms with Gasteiger partial charge in [-0.3, -0.25) is 4.90 Å². The number of aliphatic hydroxyl groups is 4. The molecule has 3 aromatic carbocycles. The minimum absolute atomic E-state index is 0.0770. The van der Waals surface area contributed by atoms with Gasteiger partial charge in [0.1, 0.15) is 30.2 Å². The third kappa shape index (κ3) is 4.91. The number of phenolic OH excluding ortho intramolecular Hbond substituents is 3. The van der Waals surface area contributed by atoms with Crippen molar-refractivity contribution in [3.8, 4) is 28.7 Å². The maximum absolute atomic E-state index is 11.1. The number of aliphatic hydroxyl groups excluding tert-OH is 4. The molecule has 2 unspecified atom stereocenters. The van der Waals surface area contributed by atoms with Crippen molar-refractivity contribution < 1.29 is 50.0 Å². The zero-order chi connectivity index (χ0) is 29.7. The van der Waals surface area contributed by atoms with E-state index in [-0.39, 0.29) is 35.1 Å². The van der Waals surface area contributed by atoms with Crippen LogP contribution >= 0.6 is 0 Å². The summed E-state index contributed by atoms with van der Waals surface area (Å²) < 4.78 is 17.1. The van der Waals surface area contributed by atoms with E-state index < -0.39 is 37.3 Å². The molecular formula is C31H35NO10. The lowest BCUT2D eigenvalue weighted by molar-refractivity contribution is -0.277. The van der Waals surface area contributed by atoms with E-state index in [1.807, 2.05) is 24.3 Å². The molecule has 0 radical (unpaired) electrons. The molecule has 0 bridgehead atoms. The first-order chi connectivity index (χ1) is 20.2. The molecule has 7 N–H and O–H groups in total. The summed E-state index contributed by atoms with van der Waals surface area (Å²) in [7, 11) is 1.51. The molecule has 0 aliphatic carbocycles. The summed E-state index contributed by atoms with van der Waals surface area (Å²) in [4.78, 5) is 2.31. The Morgan fingerprint density at radius 2 is 1.67 bits per heavy atom. The molecule has 0 aromatic heterocycles. The lowest BCUT2D eigenvalue weighted by Crippen LogP contribution is -2.60. The standard InChI is InChI=1S/C31H35NO10/c1-40-24-13-19-16(12-23(24)36)8-9-32-20(19)11-17-4-7-22(35)30(26(17)21(32)10-15-2-5-18(34)6-3-15)42-31-29(39)28(38)27(37)25(14-33)41-31/h2-7,12-13,20-21,25,27-29,31,33-39H,8-11,14H2,1H3/t20?,21?,25-,27-,28+,29-,31+/m1/s1.